The van der Waals surface area contributed by atoms with Crippen LogP contribution < -0.4 is 0 Å². The predicted molar refractivity (Wildman–Crippen MR) is 83.6 cm³/mol. The smallest absolute Gasteiger partial charge is 0.417 e. The normalized spacial score (nSPS) is 13.6. The topological polar surface area (TPSA) is 38.9 Å². The van der Waals surface area contributed by atoms with Gasteiger partial charge in [0.05, 0.1) is 5.56 Å². The van der Waals surface area contributed by atoms with Crippen molar-refractivity contribution in [3.63, 3.8) is 0 Å². The average Bonchev–Trinajstić information content (AvgIpc) is 2.92. The molecule has 0 amide bonds. The highest BCUT2D eigenvalue weighted by Gasteiger charge is 2.31. The zero-order chi connectivity index (χ0) is 17.0. The molecule has 3 nitrogen and oxygen atoms in total. The van der Waals surface area contributed by atoms with Crippen LogP contribution in [0.2, 0.25) is 0 Å². The molecule has 6 heteroatoms. The molecule has 0 aliphatic heterocycles. The van der Waals surface area contributed by atoms with Crippen LogP contribution >= 0.6 is 0 Å². The number of pyridine rings is 1. The van der Waals surface area contributed by atoms with Gasteiger partial charge in [0.25, 0.3) is 0 Å². The number of hydrogen-bond acceptors (Lipinski definition) is 3. The summed E-state index contributed by atoms with van der Waals surface area (Å²) in [6, 6.07) is 0.940. The first-order valence-corrected chi connectivity index (χ1v) is 7.27. The van der Waals surface area contributed by atoms with Gasteiger partial charge in [-0.1, -0.05) is 32.6 Å². The quantitative estimate of drug-likeness (QED) is 0.677. The van der Waals surface area contributed by atoms with Crippen molar-refractivity contribution in [3.05, 3.63) is 54.1 Å². The minimum atomic E-state index is -4.46. The van der Waals surface area contributed by atoms with Gasteiger partial charge in [0.1, 0.15) is 5.52 Å². The van der Waals surface area contributed by atoms with Crippen LogP contribution in [0.1, 0.15) is 38.1 Å². The van der Waals surface area contributed by atoms with Crippen molar-refractivity contribution in [3.8, 4) is 0 Å². The van der Waals surface area contributed by atoms with Gasteiger partial charge in [0, 0.05) is 11.8 Å². The molecule has 0 fully saturated rings. The summed E-state index contributed by atoms with van der Waals surface area (Å²) >= 11 is 0. The third-order valence-corrected chi connectivity index (χ3v) is 3.27. The van der Waals surface area contributed by atoms with Gasteiger partial charge in [-0.2, -0.15) is 13.2 Å². The Morgan fingerprint density at radius 2 is 2.09 bits per heavy atom. The van der Waals surface area contributed by atoms with E-state index in [1.165, 1.54) is 0 Å². The molecule has 0 saturated heterocycles. The van der Waals surface area contributed by atoms with E-state index >= 15 is 0 Å². The van der Waals surface area contributed by atoms with E-state index in [1.807, 2.05) is 19.9 Å². The van der Waals surface area contributed by atoms with Crippen molar-refractivity contribution < 1.29 is 17.6 Å². The van der Waals surface area contributed by atoms with Gasteiger partial charge in [0.15, 0.2) is 0 Å². The first kappa shape index (κ1) is 17.0. The Bertz CT molecular complexity index is 770. The third-order valence-electron chi connectivity index (χ3n) is 3.27. The summed E-state index contributed by atoms with van der Waals surface area (Å²) in [6.45, 7) is 7.66. The molecular weight excluding hydrogens is 305 g/mol. The molecule has 23 heavy (non-hydrogen) atoms. The number of hydrogen-bond donors (Lipinski definition) is 0. The van der Waals surface area contributed by atoms with Crippen LogP contribution in [-0.2, 0) is 6.18 Å². The second-order valence-corrected chi connectivity index (χ2v) is 4.87. The van der Waals surface area contributed by atoms with Gasteiger partial charge in [-0.3, -0.25) is 0 Å². The lowest BCUT2D eigenvalue weighted by Gasteiger charge is -2.05. The van der Waals surface area contributed by atoms with E-state index in [0.29, 0.717) is 5.57 Å². The summed E-state index contributed by atoms with van der Waals surface area (Å²) in [5, 5.41) is 0. The van der Waals surface area contributed by atoms with Crippen LogP contribution in [0.15, 0.2) is 47.1 Å². The number of aromatic nitrogens is 2. The molecule has 0 unspecified atom stereocenters. The summed E-state index contributed by atoms with van der Waals surface area (Å²) in [6.07, 6.45) is 3.21. The Morgan fingerprint density at radius 1 is 1.35 bits per heavy atom. The molecular formula is C17H17F3N2O. The van der Waals surface area contributed by atoms with Crippen LogP contribution in [0, 0.1) is 0 Å². The molecule has 2 rings (SSSR count). The Hall–Kier alpha value is -2.37. The predicted octanol–water partition coefficient (Wildman–Crippen LogP) is 5.56. The van der Waals surface area contributed by atoms with Gasteiger partial charge in [-0.15, -0.1) is 0 Å². The Kier molecular flexibility index (Phi) is 5.03. The highest BCUT2D eigenvalue weighted by molar-refractivity contribution is 5.80. The Morgan fingerprint density at radius 3 is 2.65 bits per heavy atom. The molecule has 0 bridgehead atoms. The van der Waals surface area contributed by atoms with Crippen LogP contribution in [0.3, 0.4) is 0 Å². The van der Waals surface area contributed by atoms with Crippen molar-refractivity contribution in [2.75, 3.05) is 0 Å². The largest absolute Gasteiger partial charge is 0.418 e. The van der Waals surface area contributed by atoms with Gasteiger partial charge < -0.3 is 4.42 Å². The van der Waals surface area contributed by atoms with Crippen LogP contribution in [-0.4, -0.2) is 9.97 Å². The molecule has 0 N–H and O–H groups in total. The minimum absolute atomic E-state index is 0.0786. The van der Waals surface area contributed by atoms with Crippen LogP contribution in [0.4, 0.5) is 13.2 Å². The zero-order valence-corrected chi connectivity index (χ0v) is 12.9. The fourth-order valence-corrected chi connectivity index (χ4v) is 2.22. The number of oxazole rings is 1. The maximum atomic E-state index is 12.8. The van der Waals surface area contributed by atoms with E-state index in [1.54, 1.807) is 12.2 Å². The zero-order valence-electron chi connectivity index (χ0n) is 12.9. The van der Waals surface area contributed by atoms with Gasteiger partial charge in [-0.05, 0) is 30.6 Å². The fraction of sp³-hybridized carbons (Fsp3) is 0.294. The summed E-state index contributed by atoms with van der Waals surface area (Å²) < 4.78 is 43.8. The number of nitrogens with zero attached hydrogens (tertiary/aromatic N) is 2. The molecule has 2 aromatic rings. The van der Waals surface area contributed by atoms with Gasteiger partial charge >= 0.3 is 6.18 Å². The second kappa shape index (κ2) is 6.81. The number of allylic oxidation sites excluding steroid dienone is 5. The minimum Gasteiger partial charge on any atom is -0.418 e. The molecule has 2 aromatic heterocycles. The van der Waals surface area contributed by atoms with Crippen molar-refractivity contribution in [2.45, 2.75) is 32.9 Å². The number of rotatable bonds is 5. The van der Waals surface area contributed by atoms with E-state index in [9.17, 15) is 13.2 Å². The molecule has 0 aliphatic rings. The lowest BCUT2D eigenvalue weighted by atomic mass is 10.0. The van der Waals surface area contributed by atoms with E-state index < -0.39 is 11.7 Å². The van der Waals surface area contributed by atoms with E-state index in [0.717, 1.165) is 30.7 Å². The number of fused-ring (bicyclic) bond motifs is 1. The maximum Gasteiger partial charge on any atom is 0.417 e. The molecule has 0 atom stereocenters. The molecule has 0 radical (unpaired) electrons. The third kappa shape index (κ3) is 3.70. The maximum absolute atomic E-state index is 12.8. The van der Waals surface area contributed by atoms with Crippen LogP contribution in [0.5, 0.6) is 0 Å². The van der Waals surface area contributed by atoms with Crippen molar-refractivity contribution in [1.29, 1.82) is 0 Å². The lowest BCUT2D eigenvalue weighted by molar-refractivity contribution is -0.137. The van der Waals surface area contributed by atoms with Gasteiger partial charge in [-0.25, -0.2) is 9.97 Å². The first-order chi connectivity index (χ1) is 10.9. The highest BCUT2D eigenvalue weighted by Crippen LogP contribution is 2.32. The average molecular weight is 322 g/mol. The van der Waals surface area contributed by atoms with Crippen molar-refractivity contribution >= 4 is 16.8 Å². The van der Waals surface area contributed by atoms with E-state index in [-0.39, 0.29) is 17.1 Å². The Balaban J connectivity index is 2.55. The summed E-state index contributed by atoms with van der Waals surface area (Å²) in [4.78, 5) is 7.89. The molecule has 0 spiro atoms. The van der Waals surface area contributed by atoms with Gasteiger partial charge in [0.2, 0.25) is 11.6 Å². The van der Waals surface area contributed by atoms with E-state index in [4.69, 9.17) is 4.42 Å². The standard InChI is InChI=1S/C17H17F3N2O/c1-4-7-11(6-3)13(8-5-2)15-22-14-9-12(17(18,19)20)10-21-16(14)23-15/h5,7-10H,2,4,6H2,1,3H3/b11-7-,13-8+. The summed E-state index contributed by atoms with van der Waals surface area (Å²) in [5.74, 6) is 0.244. The SMILES string of the molecule is C=C/C=C(\C(=C/CC)CC)c1nc2cc(C(F)(F)F)cnc2o1. The lowest BCUT2D eigenvalue weighted by Crippen LogP contribution is -2.04. The monoisotopic (exact) mass is 322 g/mol. The molecule has 0 aliphatic carbocycles. The molecule has 0 saturated carbocycles. The molecule has 2 heterocycles. The van der Waals surface area contributed by atoms with Crippen molar-refractivity contribution in [1.82, 2.24) is 9.97 Å². The van der Waals surface area contributed by atoms with Crippen molar-refractivity contribution in [2.24, 2.45) is 0 Å². The first-order valence-electron chi connectivity index (χ1n) is 7.27. The Labute approximate surface area is 132 Å². The number of halogens is 3. The summed E-state index contributed by atoms with van der Waals surface area (Å²) in [7, 11) is 0. The van der Waals surface area contributed by atoms with Crippen LogP contribution in [0.25, 0.3) is 16.8 Å². The number of alkyl halides is 3. The molecule has 0 aromatic carbocycles. The molecule has 122 valence electrons. The highest BCUT2D eigenvalue weighted by atomic mass is 19.4. The summed E-state index contributed by atoms with van der Waals surface area (Å²) in [5.41, 5.74) is 1.01. The second-order valence-electron chi connectivity index (χ2n) is 4.87. The fourth-order valence-electron chi connectivity index (χ4n) is 2.22. The van der Waals surface area contributed by atoms with E-state index in [2.05, 4.69) is 16.5 Å².